The standard InChI is InChI=1S/C15H19F3N2O5S/c1-8-7-26-13(19-8)14(24,15(16,17)18)5-11(21)20-6-10(25-2)3-9(20)4-12(22)23/h7,9-10,24H,3-6H2,1-2H3,(H,22,23). The second kappa shape index (κ2) is 7.49. The zero-order chi connectivity index (χ0) is 19.7. The van der Waals surface area contributed by atoms with Crippen molar-refractivity contribution < 1.29 is 37.7 Å². The Morgan fingerprint density at radius 1 is 1.46 bits per heavy atom. The molecule has 0 bridgehead atoms. The molecule has 2 rings (SSSR count). The number of carbonyl (C=O) groups excluding carboxylic acids is 1. The highest BCUT2D eigenvalue weighted by Crippen LogP contribution is 2.43. The molecule has 1 saturated heterocycles. The van der Waals surface area contributed by atoms with E-state index in [2.05, 4.69) is 4.98 Å². The SMILES string of the molecule is COC1CC(CC(=O)O)N(C(=O)CC(O)(c2nc(C)cs2)C(F)(F)F)C1. The molecule has 7 nitrogen and oxygen atoms in total. The van der Waals surface area contributed by atoms with Gasteiger partial charge in [0.2, 0.25) is 11.5 Å². The average molecular weight is 396 g/mol. The molecule has 0 aliphatic carbocycles. The van der Waals surface area contributed by atoms with Gasteiger partial charge in [-0.15, -0.1) is 11.3 Å². The number of hydrogen-bond acceptors (Lipinski definition) is 6. The molecular formula is C15H19F3N2O5S. The number of halogens is 3. The summed E-state index contributed by atoms with van der Waals surface area (Å²) >= 11 is 0.614. The van der Waals surface area contributed by atoms with Gasteiger partial charge >= 0.3 is 12.1 Å². The lowest BCUT2D eigenvalue weighted by Crippen LogP contribution is -2.48. The first-order valence-electron chi connectivity index (χ1n) is 7.73. The van der Waals surface area contributed by atoms with Crippen molar-refractivity contribution in [3.05, 3.63) is 16.1 Å². The molecule has 0 saturated carbocycles. The third-order valence-corrected chi connectivity index (χ3v) is 5.40. The Hall–Kier alpha value is -1.72. The molecule has 1 aromatic heterocycles. The van der Waals surface area contributed by atoms with Crippen LogP contribution in [0.3, 0.4) is 0 Å². The van der Waals surface area contributed by atoms with E-state index in [1.165, 1.54) is 19.4 Å². The molecule has 1 fully saturated rings. The fraction of sp³-hybridized carbons (Fsp3) is 0.667. The smallest absolute Gasteiger partial charge is 0.424 e. The molecule has 11 heteroatoms. The predicted molar refractivity (Wildman–Crippen MR) is 84.6 cm³/mol. The van der Waals surface area contributed by atoms with Crippen molar-refractivity contribution in [1.29, 1.82) is 0 Å². The normalized spacial score (nSPS) is 23.1. The third kappa shape index (κ3) is 4.15. The maximum atomic E-state index is 13.5. The number of aliphatic hydroxyl groups is 1. The average Bonchev–Trinajstić information content (AvgIpc) is 3.11. The summed E-state index contributed by atoms with van der Waals surface area (Å²) in [7, 11) is 1.38. The quantitative estimate of drug-likeness (QED) is 0.759. The van der Waals surface area contributed by atoms with Gasteiger partial charge in [-0.3, -0.25) is 9.59 Å². The lowest BCUT2D eigenvalue weighted by atomic mass is 9.98. The van der Waals surface area contributed by atoms with Crippen molar-refractivity contribution in [2.45, 2.75) is 50.1 Å². The van der Waals surface area contributed by atoms with Crippen LogP contribution in [-0.2, 0) is 19.9 Å². The lowest BCUT2D eigenvalue weighted by molar-refractivity contribution is -0.268. The highest BCUT2D eigenvalue weighted by Gasteiger charge is 2.59. The van der Waals surface area contributed by atoms with Crippen LogP contribution in [0.4, 0.5) is 13.2 Å². The van der Waals surface area contributed by atoms with E-state index in [9.17, 15) is 27.9 Å². The molecule has 3 atom stereocenters. The van der Waals surface area contributed by atoms with Crippen LogP contribution in [0.1, 0.15) is 30.0 Å². The Balaban J connectivity index is 2.27. The van der Waals surface area contributed by atoms with E-state index in [-0.39, 0.29) is 13.0 Å². The number of rotatable bonds is 6. The van der Waals surface area contributed by atoms with Crippen LogP contribution >= 0.6 is 11.3 Å². The van der Waals surface area contributed by atoms with Gasteiger partial charge in [-0.05, 0) is 13.3 Å². The van der Waals surface area contributed by atoms with E-state index in [1.54, 1.807) is 0 Å². The van der Waals surface area contributed by atoms with Crippen LogP contribution in [0, 0.1) is 6.92 Å². The van der Waals surface area contributed by atoms with Crippen molar-refractivity contribution in [1.82, 2.24) is 9.88 Å². The Labute approximate surface area is 151 Å². The van der Waals surface area contributed by atoms with Crippen molar-refractivity contribution in [2.75, 3.05) is 13.7 Å². The van der Waals surface area contributed by atoms with E-state index in [0.717, 1.165) is 4.90 Å². The summed E-state index contributed by atoms with van der Waals surface area (Å²) in [5.41, 5.74) is -3.13. The molecule has 3 unspecified atom stereocenters. The number of carboxylic acid groups (broad SMARTS) is 1. The summed E-state index contributed by atoms with van der Waals surface area (Å²) in [6, 6.07) is -0.791. The van der Waals surface area contributed by atoms with Gasteiger partial charge in [-0.25, -0.2) is 4.98 Å². The summed E-state index contributed by atoms with van der Waals surface area (Å²) < 4.78 is 45.7. The molecular weight excluding hydrogens is 377 g/mol. The zero-order valence-corrected chi connectivity index (χ0v) is 14.9. The van der Waals surface area contributed by atoms with Gasteiger partial charge in [0, 0.05) is 30.8 Å². The highest BCUT2D eigenvalue weighted by molar-refractivity contribution is 7.09. The minimum atomic E-state index is -5.12. The van der Waals surface area contributed by atoms with Gasteiger partial charge in [0.15, 0.2) is 0 Å². The largest absolute Gasteiger partial charge is 0.481 e. The molecule has 2 N–H and O–H groups in total. The van der Waals surface area contributed by atoms with Gasteiger partial charge in [0.1, 0.15) is 5.01 Å². The van der Waals surface area contributed by atoms with Crippen molar-refractivity contribution in [3.63, 3.8) is 0 Å². The Morgan fingerprint density at radius 2 is 2.12 bits per heavy atom. The summed E-state index contributed by atoms with van der Waals surface area (Å²) in [5, 5.41) is 20.0. The number of aliphatic carboxylic acids is 1. The van der Waals surface area contributed by atoms with Gasteiger partial charge in [-0.2, -0.15) is 13.2 Å². The Kier molecular flexibility index (Phi) is 5.93. The van der Waals surface area contributed by atoms with Crippen molar-refractivity contribution >= 4 is 23.2 Å². The number of aromatic nitrogens is 1. The van der Waals surface area contributed by atoms with Crippen LogP contribution in [0.5, 0.6) is 0 Å². The molecule has 26 heavy (non-hydrogen) atoms. The van der Waals surface area contributed by atoms with Crippen LogP contribution < -0.4 is 0 Å². The predicted octanol–water partition coefficient (Wildman–Crippen LogP) is 1.68. The molecule has 1 aliphatic heterocycles. The van der Waals surface area contributed by atoms with E-state index in [1.807, 2.05) is 0 Å². The fourth-order valence-electron chi connectivity index (χ4n) is 2.91. The van der Waals surface area contributed by atoms with E-state index in [0.29, 0.717) is 17.0 Å². The van der Waals surface area contributed by atoms with E-state index < -0.39 is 53.6 Å². The van der Waals surface area contributed by atoms with Gasteiger partial charge in [0.25, 0.3) is 0 Å². The molecule has 1 aromatic rings. The van der Waals surface area contributed by atoms with E-state index >= 15 is 0 Å². The lowest BCUT2D eigenvalue weighted by Gasteiger charge is -2.31. The summed E-state index contributed by atoms with van der Waals surface area (Å²) in [5.74, 6) is -2.17. The number of amides is 1. The van der Waals surface area contributed by atoms with Crippen molar-refractivity contribution in [2.24, 2.45) is 0 Å². The first kappa shape index (κ1) is 20.6. The number of thiazole rings is 1. The maximum Gasteiger partial charge on any atom is 0.424 e. The van der Waals surface area contributed by atoms with Crippen LogP contribution in [0.2, 0.25) is 0 Å². The Bertz CT molecular complexity index is 680. The van der Waals surface area contributed by atoms with Crippen LogP contribution in [-0.4, -0.2) is 64.0 Å². The third-order valence-electron chi connectivity index (χ3n) is 4.29. The molecule has 146 valence electrons. The zero-order valence-electron chi connectivity index (χ0n) is 14.1. The second-order valence-electron chi connectivity index (χ2n) is 6.22. The Morgan fingerprint density at radius 3 is 2.58 bits per heavy atom. The number of methoxy groups -OCH3 is 1. The molecule has 1 amide bonds. The highest BCUT2D eigenvalue weighted by atomic mass is 32.1. The fourth-order valence-corrected chi connectivity index (χ4v) is 3.82. The number of ether oxygens (including phenoxy) is 1. The van der Waals surface area contributed by atoms with Gasteiger partial charge in [0.05, 0.1) is 18.9 Å². The topological polar surface area (TPSA) is 100.0 Å². The van der Waals surface area contributed by atoms with Crippen molar-refractivity contribution in [3.8, 4) is 0 Å². The second-order valence-corrected chi connectivity index (χ2v) is 7.08. The maximum absolute atomic E-state index is 13.5. The number of nitrogens with zero attached hydrogens (tertiary/aromatic N) is 2. The molecule has 0 aromatic carbocycles. The van der Waals surface area contributed by atoms with Crippen LogP contribution in [0.15, 0.2) is 5.38 Å². The number of likely N-dealkylation sites (tertiary alicyclic amines) is 1. The number of hydrogen-bond donors (Lipinski definition) is 2. The first-order valence-corrected chi connectivity index (χ1v) is 8.61. The van der Waals surface area contributed by atoms with Crippen LogP contribution in [0.25, 0.3) is 0 Å². The molecule has 0 spiro atoms. The van der Waals surface area contributed by atoms with E-state index in [4.69, 9.17) is 9.84 Å². The number of carboxylic acids is 1. The first-order chi connectivity index (χ1) is 12.0. The van der Waals surface area contributed by atoms with Gasteiger partial charge in [-0.1, -0.05) is 0 Å². The summed E-state index contributed by atoms with van der Waals surface area (Å²) in [6.07, 6.45) is -7.06. The number of carbonyl (C=O) groups is 2. The number of alkyl halides is 3. The minimum Gasteiger partial charge on any atom is -0.481 e. The molecule has 2 heterocycles. The van der Waals surface area contributed by atoms with Gasteiger partial charge < -0.3 is 19.8 Å². The molecule has 0 radical (unpaired) electrons. The minimum absolute atomic E-state index is 0.0296. The molecule has 1 aliphatic rings. The monoisotopic (exact) mass is 396 g/mol. The summed E-state index contributed by atoms with van der Waals surface area (Å²) in [6.45, 7) is 1.45. The number of aryl methyl sites for hydroxylation is 1. The summed E-state index contributed by atoms with van der Waals surface area (Å²) in [4.78, 5) is 28.2.